The van der Waals surface area contributed by atoms with Gasteiger partial charge in [-0.25, -0.2) is 0 Å². The van der Waals surface area contributed by atoms with Crippen LogP contribution in [0.25, 0.3) is 0 Å². The van der Waals surface area contributed by atoms with E-state index in [2.05, 4.69) is 10.6 Å². The monoisotopic (exact) mass is 416 g/mol. The van der Waals surface area contributed by atoms with E-state index in [9.17, 15) is 28.8 Å². The fourth-order valence-corrected chi connectivity index (χ4v) is 2.85. The van der Waals surface area contributed by atoms with Gasteiger partial charge in [0.1, 0.15) is 18.6 Å². The van der Waals surface area contributed by atoms with Crippen molar-refractivity contribution in [1.82, 2.24) is 15.5 Å². The summed E-state index contributed by atoms with van der Waals surface area (Å²) in [7, 11) is 0. The van der Waals surface area contributed by atoms with Gasteiger partial charge in [-0.05, 0) is 19.3 Å². The average molecular weight is 416 g/mol. The zero-order valence-electron chi connectivity index (χ0n) is 15.5. The van der Waals surface area contributed by atoms with Crippen molar-refractivity contribution in [2.75, 3.05) is 13.1 Å². The van der Waals surface area contributed by atoms with Crippen LogP contribution in [-0.2, 0) is 28.8 Å². The topological polar surface area (TPSA) is 216 Å². The molecule has 1 aliphatic heterocycles. The number of hydrogen-bond donors (Lipinski definition) is 6. The largest absolute Gasteiger partial charge is 0.481 e. The summed E-state index contributed by atoms with van der Waals surface area (Å²) in [5.41, 5.74) is 5.57. The van der Waals surface area contributed by atoms with E-state index in [1.165, 1.54) is 0 Å². The zero-order chi connectivity index (χ0) is 22.1. The molecule has 0 bridgehead atoms. The lowest BCUT2D eigenvalue weighted by Crippen LogP contribution is -2.56. The van der Waals surface area contributed by atoms with Crippen LogP contribution < -0.4 is 16.4 Å². The van der Waals surface area contributed by atoms with Gasteiger partial charge < -0.3 is 36.6 Å². The van der Waals surface area contributed by atoms with Crippen LogP contribution in [0.4, 0.5) is 0 Å². The third kappa shape index (κ3) is 7.73. The molecule has 1 fully saturated rings. The average Bonchev–Trinajstić information content (AvgIpc) is 3.12. The molecule has 0 aliphatic carbocycles. The van der Waals surface area contributed by atoms with Crippen molar-refractivity contribution in [3.8, 4) is 0 Å². The Kier molecular flexibility index (Phi) is 8.99. The molecule has 3 atom stereocenters. The van der Waals surface area contributed by atoms with Crippen molar-refractivity contribution in [3.05, 3.63) is 0 Å². The lowest BCUT2D eigenvalue weighted by molar-refractivity contribution is -0.146. The van der Waals surface area contributed by atoms with Gasteiger partial charge in [-0.2, -0.15) is 0 Å². The number of rotatable bonds is 11. The number of nitrogens with two attached hydrogens (primary N) is 1. The predicted molar refractivity (Wildman–Crippen MR) is 94.4 cm³/mol. The molecule has 1 heterocycles. The van der Waals surface area contributed by atoms with Gasteiger partial charge in [0.05, 0.1) is 12.5 Å². The Morgan fingerprint density at radius 3 is 2.24 bits per heavy atom. The summed E-state index contributed by atoms with van der Waals surface area (Å²) in [5, 5.41) is 30.7. The summed E-state index contributed by atoms with van der Waals surface area (Å²) in [4.78, 5) is 70.4. The van der Waals surface area contributed by atoms with Gasteiger partial charge >= 0.3 is 17.9 Å². The Hall–Kier alpha value is -3.22. The number of carbonyl (C=O) groups is 6. The maximum Gasteiger partial charge on any atom is 0.322 e. The molecule has 0 aromatic carbocycles. The van der Waals surface area contributed by atoms with E-state index in [0.29, 0.717) is 6.42 Å². The Morgan fingerprint density at radius 2 is 1.69 bits per heavy atom. The van der Waals surface area contributed by atoms with Gasteiger partial charge in [0.2, 0.25) is 17.7 Å². The highest BCUT2D eigenvalue weighted by Crippen LogP contribution is 2.19. The second-order valence-corrected chi connectivity index (χ2v) is 6.50. The molecule has 0 aromatic rings. The minimum absolute atomic E-state index is 0.126. The second-order valence-electron chi connectivity index (χ2n) is 6.50. The molecule has 1 saturated heterocycles. The van der Waals surface area contributed by atoms with Gasteiger partial charge in [-0.15, -0.1) is 0 Å². The van der Waals surface area contributed by atoms with E-state index in [0.717, 1.165) is 4.90 Å². The maximum atomic E-state index is 12.8. The third-order valence-corrected chi connectivity index (χ3v) is 4.25. The van der Waals surface area contributed by atoms with Crippen molar-refractivity contribution in [3.63, 3.8) is 0 Å². The normalized spacial score (nSPS) is 17.8. The van der Waals surface area contributed by atoms with Crippen LogP contribution in [0.5, 0.6) is 0 Å². The Balaban J connectivity index is 2.84. The summed E-state index contributed by atoms with van der Waals surface area (Å²) in [6, 6.07) is -3.76. The third-order valence-electron chi connectivity index (χ3n) is 4.25. The van der Waals surface area contributed by atoms with Crippen LogP contribution in [0.2, 0.25) is 0 Å². The molecule has 0 spiro atoms. The lowest BCUT2D eigenvalue weighted by atomic mass is 10.1. The first-order chi connectivity index (χ1) is 13.5. The van der Waals surface area contributed by atoms with Crippen LogP contribution in [0.3, 0.4) is 0 Å². The highest BCUT2D eigenvalue weighted by atomic mass is 16.4. The zero-order valence-corrected chi connectivity index (χ0v) is 15.5. The molecule has 1 rings (SSSR count). The number of carboxylic acids is 3. The molecule has 3 unspecified atom stereocenters. The SMILES string of the molecule is NC(CCC(=O)O)C(=O)NC(CC(=O)O)C(=O)N1CCCC1C(=O)NCC(=O)O. The number of hydrogen-bond acceptors (Lipinski definition) is 7. The first kappa shape index (κ1) is 23.8. The van der Waals surface area contributed by atoms with E-state index in [1.54, 1.807) is 0 Å². The number of nitrogens with zero attached hydrogens (tertiary/aromatic N) is 1. The van der Waals surface area contributed by atoms with Crippen molar-refractivity contribution < 1.29 is 44.1 Å². The van der Waals surface area contributed by atoms with Crippen molar-refractivity contribution in [2.24, 2.45) is 5.73 Å². The number of aliphatic carboxylic acids is 3. The molecule has 7 N–H and O–H groups in total. The molecular formula is C16H24N4O9. The van der Waals surface area contributed by atoms with Crippen molar-refractivity contribution in [1.29, 1.82) is 0 Å². The molecule has 1 aliphatic rings. The molecular weight excluding hydrogens is 392 g/mol. The first-order valence-electron chi connectivity index (χ1n) is 8.82. The molecule has 0 aromatic heterocycles. The lowest BCUT2D eigenvalue weighted by Gasteiger charge is -2.28. The minimum Gasteiger partial charge on any atom is -0.481 e. The summed E-state index contributed by atoms with van der Waals surface area (Å²) < 4.78 is 0. The minimum atomic E-state index is -1.51. The highest BCUT2D eigenvalue weighted by molar-refractivity contribution is 5.95. The fraction of sp³-hybridized carbons (Fsp3) is 0.625. The van der Waals surface area contributed by atoms with Crippen LogP contribution in [0.1, 0.15) is 32.1 Å². The van der Waals surface area contributed by atoms with Gasteiger partial charge in [0.25, 0.3) is 0 Å². The van der Waals surface area contributed by atoms with Gasteiger partial charge in [-0.3, -0.25) is 28.8 Å². The Bertz CT molecular complexity index is 681. The number of nitrogens with one attached hydrogen (secondary N) is 2. The van der Waals surface area contributed by atoms with Crippen LogP contribution in [0, 0.1) is 0 Å². The Morgan fingerprint density at radius 1 is 1.03 bits per heavy atom. The van der Waals surface area contributed by atoms with Crippen LogP contribution in [0.15, 0.2) is 0 Å². The van der Waals surface area contributed by atoms with Gasteiger partial charge in [0.15, 0.2) is 0 Å². The van der Waals surface area contributed by atoms with Gasteiger partial charge in [0, 0.05) is 13.0 Å². The van der Waals surface area contributed by atoms with Crippen LogP contribution in [-0.4, -0.2) is 87.1 Å². The van der Waals surface area contributed by atoms with E-state index in [4.69, 9.17) is 21.1 Å². The van der Waals surface area contributed by atoms with E-state index < -0.39 is 66.7 Å². The quantitative estimate of drug-likeness (QED) is 0.205. The molecule has 3 amide bonds. The number of carbonyl (C=O) groups excluding carboxylic acids is 3. The van der Waals surface area contributed by atoms with Crippen molar-refractivity contribution >= 4 is 35.6 Å². The predicted octanol–water partition coefficient (Wildman–Crippen LogP) is -2.67. The smallest absolute Gasteiger partial charge is 0.322 e. The van der Waals surface area contributed by atoms with E-state index in [-0.39, 0.29) is 25.8 Å². The molecule has 0 radical (unpaired) electrons. The number of likely N-dealkylation sites (tertiary alicyclic amines) is 1. The second kappa shape index (κ2) is 10.9. The number of amides is 3. The fourth-order valence-electron chi connectivity index (χ4n) is 2.85. The van der Waals surface area contributed by atoms with E-state index >= 15 is 0 Å². The summed E-state index contributed by atoms with van der Waals surface area (Å²) in [6.07, 6.45) is -0.675. The Labute approximate surface area is 165 Å². The number of carboxylic acid groups (broad SMARTS) is 3. The van der Waals surface area contributed by atoms with Crippen LogP contribution >= 0.6 is 0 Å². The first-order valence-corrected chi connectivity index (χ1v) is 8.82. The molecule has 13 heteroatoms. The molecule has 13 nitrogen and oxygen atoms in total. The summed E-state index contributed by atoms with van der Waals surface area (Å²) in [6.45, 7) is -0.508. The molecule has 0 saturated carbocycles. The molecule has 29 heavy (non-hydrogen) atoms. The standard InChI is InChI=1S/C16H24N4O9/c17-8(3-4-11(21)22)14(27)19-9(6-12(23)24)16(29)20-5-1-2-10(20)15(28)18-7-13(25)26/h8-10H,1-7,17H2,(H,18,28)(H,19,27)(H,21,22)(H,23,24)(H,25,26). The summed E-state index contributed by atoms with van der Waals surface area (Å²) >= 11 is 0. The highest BCUT2D eigenvalue weighted by Gasteiger charge is 2.38. The molecule has 162 valence electrons. The van der Waals surface area contributed by atoms with Crippen molar-refractivity contribution in [2.45, 2.75) is 50.2 Å². The summed E-state index contributed by atoms with van der Waals surface area (Å²) in [5.74, 6) is -6.22. The maximum absolute atomic E-state index is 12.8. The van der Waals surface area contributed by atoms with E-state index in [1.807, 2.05) is 0 Å². The van der Waals surface area contributed by atoms with Gasteiger partial charge in [-0.1, -0.05) is 0 Å².